The van der Waals surface area contributed by atoms with E-state index in [0.717, 1.165) is 13.1 Å². The molecule has 1 aromatic carbocycles. The SMILES string of the molecule is CC1CCN(c2ccc(C(C)(C)C)cc2)C(C)CN1. The van der Waals surface area contributed by atoms with Gasteiger partial charge < -0.3 is 10.2 Å². The second-order valence-electron chi connectivity index (χ2n) is 6.94. The molecule has 106 valence electrons. The van der Waals surface area contributed by atoms with Crippen LogP contribution in [0, 0.1) is 0 Å². The molecule has 0 aliphatic carbocycles. The van der Waals surface area contributed by atoms with Crippen molar-refractivity contribution >= 4 is 5.69 Å². The molecule has 0 amide bonds. The monoisotopic (exact) mass is 260 g/mol. The van der Waals surface area contributed by atoms with Gasteiger partial charge in [-0.3, -0.25) is 0 Å². The van der Waals surface area contributed by atoms with Gasteiger partial charge in [0.15, 0.2) is 0 Å². The minimum Gasteiger partial charge on any atom is -0.367 e. The summed E-state index contributed by atoms with van der Waals surface area (Å²) in [5, 5.41) is 3.59. The van der Waals surface area contributed by atoms with Crippen LogP contribution in [0.4, 0.5) is 5.69 Å². The van der Waals surface area contributed by atoms with Crippen LogP contribution in [0.2, 0.25) is 0 Å². The molecular formula is C17H28N2. The Morgan fingerprint density at radius 2 is 1.74 bits per heavy atom. The third-order valence-electron chi connectivity index (χ3n) is 4.16. The lowest BCUT2D eigenvalue weighted by Crippen LogP contribution is -2.38. The number of hydrogen-bond donors (Lipinski definition) is 1. The molecule has 0 aromatic heterocycles. The van der Waals surface area contributed by atoms with Crippen molar-refractivity contribution in [1.29, 1.82) is 0 Å². The second-order valence-corrected chi connectivity index (χ2v) is 6.94. The molecule has 2 atom stereocenters. The summed E-state index contributed by atoms with van der Waals surface area (Å²) >= 11 is 0. The molecule has 0 saturated carbocycles. The quantitative estimate of drug-likeness (QED) is 0.830. The highest BCUT2D eigenvalue weighted by atomic mass is 15.2. The summed E-state index contributed by atoms with van der Waals surface area (Å²) in [6, 6.07) is 10.3. The van der Waals surface area contributed by atoms with E-state index in [9.17, 15) is 0 Å². The van der Waals surface area contributed by atoms with Gasteiger partial charge in [-0.15, -0.1) is 0 Å². The maximum absolute atomic E-state index is 3.59. The average Bonchev–Trinajstić information content (AvgIpc) is 2.51. The summed E-state index contributed by atoms with van der Waals surface area (Å²) in [7, 11) is 0. The van der Waals surface area contributed by atoms with E-state index in [-0.39, 0.29) is 5.41 Å². The largest absolute Gasteiger partial charge is 0.367 e. The fraction of sp³-hybridized carbons (Fsp3) is 0.647. The van der Waals surface area contributed by atoms with E-state index in [1.165, 1.54) is 17.7 Å². The smallest absolute Gasteiger partial charge is 0.0386 e. The first kappa shape index (κ1) is 14.4. The van der Waals surface area contributed by atoms with Crippen LogP contribution in [-0.4, -0.2) is 25.2 Å². The lowest BCUT2D eigenvalue weighted by atomic mass is 9.87. The molecule has 2 nitrogen and oxygen atoms in total. The van der Waals surface area contributed by atoms with Gasteiger partial charge >= 0.3 is 0 Å². The average molecular weight is 260 g/mol. The van der Waals surface area contributed by atoms with Crippen molar-refractivity contribution in [2.45, 2.75) is 58.5 Å². The number of anilines is 1. The lowest BCUT2D eigenvalue weighted by Gasteiger charge is -2.30. The Balaban J connectivity index is 2.17. The van der Waals surface area contributed by atoms with Crippen LogP contribution in [0.3, 0.4) is 0 Å². The Labute approximate surface area is 118 Å². The summed E-state index contributed by atoms with van der Waals surface area (Å²) in [5.41, 5.74) is 3.00. The first-order valence-corrected chi connectivity index (χ1v) is 7.48. The first-order chi connectivity index (χ1) is 8.88. The van der Waals surface area contributed by atoms with Crippen molar-refractivity contribution in [2.24, 2.45) is 0 Å². The van der Waals surface area contributed by atoms with Gasteiger partial charge in [0.1, 0.15) is 0 Å². The fourth-order valence-corrected chi connectivity index (χ4v) is 2.67. The van der Waals surface area contributed by atoms with Crippen LogP contribution in [0.1, 0.15) is 46.6 Å². The van der Waals surface area contributed by atoms with Crippen molar-refractivity contribution in [3.63, 3.8) is 0 Å². The van der Waals surface area contributed by atoms with Crippen molar-refractivity contribution in [3.05, 3.63) is 29.8 Å². The summed E-state index contributed by atoms with van der Waals surface area (Å²) in [6.45, 7) is 13.6. The van der Waals surface area contributed by atoms with Crippen LogP contribution in [0.15, 0.2) is 24.3 Å². The van der Waals surface area contributed by atoms with Crippen LogP contribution >= 0.6 is 0 Å². The lowest BCUT2D eigenvalue weighted by molar-refractivity contribution is 0.548. The van der Waals surface area contributed by atoms with Crippen LogP contribution in [0.25, 0.3) is 0 Å². The molecule has 2 rings (SSSR count). The normalized spacial score (nSPS) is 25.2. The van der Waals surface area contributed by atoms with Crippen molar-refractivity contribution in [2.75, 3.05) is 18.0 Å². The molecule has 1 aromatic rings. The summed E-state index contributed by atoms with van der Waals surface area (Å²) in [5.74, 6) is 0. The summed E-state index contributed by atoms with van der Waals surface area (Å²) < 4.78 is 0. The number of nitrogens with one attached hydrogen (secondary N) is 1. The van der Waals surface area contributed by atoms with Crippen LogP contribution < -0.4 is 10.2 Å². The molecule has 1 fully saturated rings. The van der Waals surface area contributed by atoms with Crippen molar-refractivity contribution in [1.82, 2.24) is 5.32 Å². The molecule has 0 spiro atoms. The minimum atomic E-state index is 0.235. The van der Waals surface area contributed by atoms with Gasteiger partial charge in [0, 0.05) is 30.9 Å². The minimum absolute atomic E-state index is 0.235. The summed E-state index contributed by atoms with van der Waals surface area (Å²) in [4.78, 5) is 2.53. The van der Waals surface area contributed by atoms with E-state index in [4.69, 9.17) is 0 Å². The highest BCUT2D eigenvalue weighted by Crippen LogP contribution is 2.26. The Morgan fingerprint density at radius 3 is 2.32 bits per heavy atom. The molecular weight excluding hydrogens is 232 g/mol. The third-order valence-corrected chi connectivity index (χ3v) is 4.16. The maximum Gasteiger partial charge on any atom is 0.0386 e. The maximum atomic E-state index is 3.59. The summed E-state index contributed by atoms with van der Waals surface area (Å²) in [6.07, 6.45) is 1.21. The third kappa shape index (κ3) is 3.50. The van der Waals surface area contributed by atoms with Crippen molar-refractivity contribution < 1.29 is 0 Å². The molecule has 1 aliphatic rings. The van der Waals surface area contributed by atoms with Gasteiger partial charge in [-0.25, -0.2) is 0 Å². The number of nitrogens with zero attached hydrogens (tertiary/aromatic N) is 1. The zero-order valence-corrected chi connectivity index (χ0v) is 13.0. The molecule has 2 heteroatoms. The molecule has 0 bridgehead atoms. The van der Waals surface area contributed by atoms with E-state index >= 15 is 0 Å². The predicted octanol–water partition coefficient (Wildman–Crippen LogP) is 3.56. The topological polar surface area (TPSA) is 15.3 Å². The van der Waals surface area contributed by atoms with Gasteiger partial charge in [0.05, 0.1) is 0 Å². The van der Waals surface area contributed by atoms with Crippen molar-refractivity contribution in [3.8, 4) is 0 Å². The van der Waals surface area contributed by atoms with Gasteiger partial charge in [0.25, 0.3) is 0 Å². The molecule has 1 N–H and O–H groups in total. The molecule has 1 saturated heterocycles. The van der Waals surface area contributed by atoms with E-state index in [1.54, 1.807) is 0 Å². The zero-order chi connectivity index (χ0) is 14.0. The van der Waals surface area contributed by atoms with Gasteiger partial charge in [-0.05, 0) is 43.4 Å². The Morgan fingerprint density at radius 1 is 1.11 bits per heavy atom. The standard InChI is InChI=1S/C17H28N2/c1-13-10-11-19(14(2)12-18-13)16-8-6-15(7-9-16)17(3,4)5/h6-9,13-14,18H,10-12H2,1-5H3. The molecule has 0 radical (unpaired) electrons. The molecule has 19 heavy (non-hydrogen) atoms. The zero-order valence-electron chi connectivity index (χ0n) is 13.0. The molecule has 1 aliphatic heterocycles. The van der Waals surface area contributed by atoms with E-state index in [2.05, 4.69) is 69.1 Å². The second kappa shape index (κ2) is 5.54. The van der Waals surface area contributed by atoms with E-state index < -0.39 is 0 Å². The molecule has 2 unspecified atom stereocenters. The van der Waals surface area contributed by atoms with Crippen LogP contribution in [0.5, 0.6) is 0 Å². The Bertz CT molecular complexity index is 402. The van der Waals surface area contributed by atoms with Gasteiger partial charge in [-0.1, -0.05) is 32.9 Å². The van der Waals surface area contributed by atoms with Gasteiger partial charge in [-0.2, -0.15) is 0 Å². The predicted molar refractivity (Wildman–Crippen MR) is 84.0 cm³/mol. The highest BCUT2D eigenvalue weighted by molar-refractivity contribution is 5.49. The first-order valence-electron chi connectivity index (χ1n) is 7.48. The number of benzene rings is 1. The highest BCUT2D eigenvalue weighted by Gasteiger charge is 2.20. The van der Waals surface area contributed by atoms with Gasteiger partial charge in [0.2, 0.25) is 0 Å². The Hall–Kier alpha value is -1.02. The molecule has 1 heterocycles. The Kier molecular flexibility index (Phi) is 4.19. The van der Waals surface area contributed by atoms with Crippen LogP contribution in [-0.2, 0) is 5.41 Å². The number of rotatable bonds is 1. The van der Waals surface area contributed by atoms with E-state index in [0.29, 0.717) is 12.1 Å². The fourth-order valence-electron chi connectivity index (χ4n) is 2.67. The van der Waals surface area contributed by atoms with E-state index in [1.807, 2.05) is 0 Å². The number of hydrogen-bond acceptors (Lipinski definition) is 2.